The number of aliphatic hydroxyl groups excluding tert-OH is 1. The number of nitrogens with one attached hydrogen (secondary N) is 1. The van der Waals surface area contributed by atoms with Crippen LogP contribution in [0.5, 0.6) is 5.75 Å². The fourth-order valence-corrected chi connectivity index (χ4v) is 1.96. The fraction of sp³-hybridized carbons (Fsp3) is 0.500. The molecular weight excluding hydrogens is 238 g/mol. The van der Waals surface area contributed by atoms with Crippen molar-refractivity contribution < 1.29 is 9.84 Å². The maximum Gasteiger partial charge on any atom is 0.119 e. The lowest BCUT2D eigenvalue weighted by molar-refractivity contribution is 0.128. The van der Waals surface area contributed by atoms with Crippen LogP contribution in [0.2, 0.25) is 0 Å². The van der Waals surface area contributed by atoms with Crippen molar-refractivity contribution in [2.75, 3.05) is 6.54 Å². The van der Waals surface area contributed by atoms with Crippen LogP contribution in [0.4, 0.5) is 0 Å². The first-order valence-electron chi connectivity index (χ1n) is 6.87. The third kappa shape index (κ3) is 5.05. The predicted octanol–water partition coefficient (Wildman–Crippen LogP) is 3.06. The second-order valence-electron chi connectivity index (χ2n) is 4.89. The maximum atomic E-state index is 10.3. The maximum absolute atomic E-state index is 10.3. The van der Waals surface area contributed by atoms with Crippen LogP contribution in [0.25, 0.3) is 0 Å². The Morgan fingerprint density at radius 3 is 2.42 bits per heavy atom. The van der Waals surface area contributed by atoms with Gasteiger partial charge in [0.05, 0.1) is 12.2 Å². The number of aliphatic hydroxyl groups is 1. The van der Waals surface area contributed by atoms with Crippen molar-refractivity contribution in [1.29, 1.82) is 0 Å². The van der Waals surface area contributed by atoms with E-state index in [1.165, 1.54) is 0 Å². The lowest BCUT2D eigenvalue weighted by atomic mass is 10.00. The molecule has 2 unspecified atom stereocenters. The van der Waals surface area contributed by atoms with E-state index in [0.29, 0.717) is 6.54 Å². The molecule has 106 valence electrons. The zero-order valence-corrected chi connectivity index (χ0v) is 12.1. The van der Waals surface area contributed by atoms with Crippen LogP contribution in [0.15, 0.2) is 36.9 Å². The van der Waals surface area contributed by atoms with Gasteiger partial charge in [-0.25, -0.2) is 0 Å². The highest BCUT2D eigenvalue weighted by Gasteiger charge is 2.18. The summed E-state index contributed by atoms with van der Waals surface area (Å²) in [5.74, 6) is 0.832. The molecule has 0 saturated carbocycles. The van der Waals surface area contributed by atoms with Gasteiger partial charge in [0.25, 0.3) is 0 Å². The van der Waals surface area contributed by atoms with Crippen LogP contribution in [-0.2, 0) is 0 Å². The quantitative estimate of drug-likeness (QED) is 0.708. The van der Waals surface area contributed by atoms with E-state index >= 15 is 0 Å². The molecule has 1 rings (SSSR count). The van der Waals surface area contributed by atoms with Gasteiger partial charge in [-0.1, -0.05) is 25.1 Å². The number of hydrogen-bond donors (Lipinski definition) is 2. The molecule has 0 heterocycles. The topological polar surface area (TPSA) is 41.5 Å². The second-order valence-corrected chi connectivity index (χ2v) is 4.89. The van der Waals surface area contributed by atoms with Crippen molar-refractivity contribution >= 4 is 0 Å². The van der Waals surface area contributed by atoms with Gasteiger partial charge in [-0.05, 0) is 38.0 Å². The lowest BCUT2D eigenvalue weighted by Gasteiger charge is -2.23. The molecule has 0 aliphatic carbocycles. The molecule has 0 aliphatic heterocycles. The van der Waals surface area contributed by atoms with Crippen LogP contribution in [0, 0.1) is 0 Å². The van der Waals surface area contributed by atoms with E-state index in [1.807, 2.05) is 38.1 Å². The summed E-state index contributed by atoms with van der Waals surface area (Å²) < 4.78 is 5.59. The van der Waals surface area contributed by atoms with Crippen molar-refractivity contribution in [1.82, 2.24) is 5.32 Å². The average molecular weight is 263 g/mol. The summed E-state index contributed by atoms with van der Waals surface area (Å²) in [5, 5.41) is 13.6. The van der Waals surface area contributed by atoms with Gasteiger partial charge in [0.2, 0.25) is 0 Å². The number of benzene rings is 1. The Morgan fingerprint density at radius 1 is 1.32 bits per heavy atom. The van der Waals surface area contributed by atoms with Crippen molar-refractivity contribution in [2.45, 2.75) is 45.4 Å². The van der Waals surface area contributed by atoms with Gasteiger partial charge in [0.1, 0.15) is 5.75 Å². The summed E-state index contributed by atoms with van der Waals surface area (Å²) in [6.45, 7) is 10.4. The van der Waals surface area contributed by atoms with Crippen LogP contribution in [-0.4, -0.2) is 23.8 Å². The van der Waals surface area contributed by atoms with Crippen molar-refractivity contribution in [2.24, 2.45) is 0 Å². The minimum absolute atomic E-state index is 0.0369. The summed E-state index contributed by atoms with van der Waals surface area (Å²) in [4.78, 5) is 0. The van der Waals surface area contributed by atoms with E-state index in [1.54, 1.807) is 6.08 Å². The monoisotopic (exact) mass is 263 g/mol. The Kier molecular flexibility index (Phi) is 6.60. The third-order valence-corrected chi connectivity index (χ3v) is 2.94. The van der Waals surface area contributed by atoms with E-state index in [0.717, 1.165) is 17.7 Å². The van der Waals surface area contributed by atoms with Crippen molar-refractivity contribution in [3.8, 4) is 5.75 Å². The Morgan fingerprint density at radius 2 is 1.95 bits per heavy atom. The van der Waals surface area contributed by atoms with Gasteiger partial charge in [-0.15, -0.1) is 6.58 Å². The first kappa shape index (κ1) is 15.7. The van der Waals surface area contributed by atoms with Crippen LogP contribution in [0.1, 0.15) is 38.9 Å². The smallest absolute Gasteiger partial charge is 0.119 e. The van der Waals surface area contributed by atoms with E-state index < -0.39 is 6.10 Å². The van der Waals surface area contributed by atoms with E-state index in [9.17, 15) is 5.11 Å². The van der Waals surface area contributed by atoms with Gasteiger partial charge in [-0.3, -0.25) is 0 Å². The standard InChI is InChI=1S/C16H25NO2/c1-5-11-17-15(6-2)16(18)13-7-9-14(10-8-13)19-12(3)4/h5,7-10,12,15-18H,1,6,11H2,2-4H3. The van der Waals surface area contributed by atoms with Crippen molar-refractivity contribution in [3.05, 3.63) is 42.5 Å². The van der Waals surface area contributed by atoms with Gasteiger partial charge in [0, 0.05) is 12.6 Å². The molecule has 0 saturated heterocycles. The number of hydrogen-bond acceptors (Lipinski definition) is 3. The molecule has 3 nitrogen and oxygen atoms in total. The minimum Gasteiger partial charge on any atom is -0.491 e. The van der Waals surface area contributed by atoms with Crippen LogP contribution in [0.3, 0.4) is 0 Å². The SMILES string of the molecule is C=CCNC(CC)C(O)c1ccc(OC(C)C)cc1. The average Bonchev–Trinajstić information content (AvgIpc) is 2.39. The Labute approximate surface area is 116 Å². The predicted molar refractivity (Wildman–Crippen MR) is 79.4 cm³/mol. The highest BCUT2D eigenvalue weighted by Crippen LogP contribution is 2.22. The molecule has 0 amide bonds. The highest BCUT2D eigenvalue weighted by molar-refractivity contribution is 5.29. The van der Waals surface area contributed by atoms with Gasteiger partial charge in [0.15, 0.2) is 0 Å². The summed E-state index contributed by atoms with van der Waals surface area (Å²) in [5.41, 5.74) is 0.902. The molecule has 2 atom stereocenters. The van der Waals surface area contributed by atoms with Crippen LogP contribution >= 0.6 is 0 Å². The minimum atomic E-state index is -0.516. The van der Waals surface area contributed by atoms with E-state index in [-0.39, 0.29) is 12.1 Å². The highest BCUT2D eigenvalue weighted by atomic mass is 16.5. The zero-order valence-electron chi connectivity index (χ0n) is 12.1. The summed E-state index contributed by atoms with van der Waals surface area (Å²) in [7, 11) is 0. The molecule has 19 heavy (non-hydrogen) atoms. The fourth-order valence-electron chi connectivity index (χ4n) is 1.96. The molecular formula is C16H25NO2. The summed E-state index contributed by atoms with van der Waals surface area (Å²) in [6, 6.07) is 7.67. The molecule has 3 heteroatoms. The summed E-state index contributed by atoms with van der Waals surface area (Å²) in [6.07, 6.45) is 2.31. The first-order valence-corrected chi connectivity index (χ1v) is 6.87. The molecule has 1 aromatic rings. The van der Waals surface area contributed by atoms with E-state index in [4.69, 9.17) is 4.74 Å². The van der Waals surface area contributed by atoms with Crippen molar-refractivity contribution in [3.63, 3.8) is 0 Å². The lowest BCUT2D eigenvalue weighted by Crippen LogP contribution is -2.34. The summed E-state index contributed by atoms with van der Waals surface area (Å²) >= 11 is 0. The molecule has 0 aromatic heterocycles. The Bertz CT molecular complexity index is 373. The third-order valence-electron chi connectivity index (χ3n) is 2.94. The van der Waals surface area contributed by atoms with Gasteiger partial charge < -0.3 is 15.2 Å². The molecule has 0 bridgehead atoms. The molecule has 2 N–H and O–H groups in total. The second kappa shape index (κ2) is 7.97. The molecule has 0 fully saturated rings. The molecule has 0 radical (unpaired) electrons. The normalized spacial score (nSPS) is 14.2. The first-order chi connectivity index (χ1) is 9.08. The van der Waals surface area contributed by atoms with Crippen LogP contribution < -0.4 is 10.1 Å². The van der Waals surface area contributed by atoms with E-state index in [2.05, 4.69) is 18.8 Å². The number of ether oxygens (including phenoxy) is 1. The molecule has 0 aliphatic rings. The Hall–Kier alpha value is -1.32. The number of rotatable bonds is 8. The van der Waals surface area contributed by atoms with Gasteiger partial charge >= 0.3 is 0 Å². The molecule has 1 aromatic carbocycles. The van der Waals surface area contributed by atoms with Gasteiger partial charge in [-0.2, -0.15) is 0 Å². The largest absolute Gasteiger partial charge is 0.491 e. The zero-order chi connectivity index (χ0) is 14.3. The molecule has 0 spiro atoms. The Balaban J connectivity index is 2.69.